The number of nitrogens with zero attached hydrogens (tertiary/aromatic N) is 5. The number of benzene rings is 3. The van der Waals surface area contributed by atoms with E-state index in [9.17, 15) is 18.0 Å². The maximum atomic E-state index is 13.4. The molecule has 3 aromatic carbocycles. The first kappa shape index (κ1) is 30.2. The van der Waals surface area contributed by atoms with Crippen LogP contribution < -0.4 is 20.9 Å². The summed E-state index contributed by atoms with van der Waals surface area (Å²) in [6.45, 7) is 3.13. The second kappa shape index (κ2) is 12.7. The molecule has 238 valence electrons. The molecule has 0 unspecified atom stereocenters. The molecule has 0 radical (unpaired) electrons. The Bertz CT molecular complexity index is 2040. The van der Waals surface area contributed by atoms with E-state index < -0.39 is 17.8 Å². The van der Waals surface area contributed by atoms with Crippen molar-refractivity contribution >= 4 is 51.0 Å². The summed E-state index contributed by atoms with van der Waals surface area (Å²) in [6, 6.07) is 20.8. The maximum Gasteiger partial charge on any atom is 0.418 e. The number of thiazole rings is 1. The van der Waals surface area contributed by atoms with Crippen LogP contribution in [0, 0.1) is 0 Å². The van der Waals surface area contributed by atoms with Gasteiger partial charge in [0.2, 0.25) is 5.95 Å². The molecule has 4 heterocycles. The van der Waals surface area contributed by atoms with Gasteiger partial charge in [-0.05, 0) is 54.6 Å². The van der Waals surface area contributed by atoms with Gasteiger partial charge in [-0.1, -0.05) is 24.3 Å². The minimum Gasteiger partial charge on any atom is -0.378 e. The Labute approximate surface area is 270 Å². The Morgan fingerprint density at radius 3 is 2.51 bits per heavy atom. The second-order valence-corrected chi connectivity index (χ2v) is 11.5. The molecule has 0 bridgehead atoms. The van der Waals surface area contributed by atoms with Crippen molar-refractivity contribution in [1.29, 1.82) is 0 Å². The fourth-order valence-corrected chi connectivity index (χ4v) is 6.07. The largest absolute Gasteiger partial charge is 0.418 e. The third-order valence-corrected chi connectivity index (χ3v) is 8.29. The maximum absolute atomic E-state index is 13.4. The summed E-state index contributed by atoms with van der Waals surface area (Å²) >= 11 is 1.46. The molecule has 1 aliphatic heterocycles. The molecular weight excluding hydrogens is 629 g/mol. The molecule has 0 aliphatic carbocycles. The quantitative estimate of drug-likeness (QED) is 0.161. The molecule has 0 saturated carbocycles. The van der Waals surface area contributed by atoms with Crippen molar-refractivity contribution in [2.75, 3.05) is 47.2 Å². The highest BCUT2D eigenvalue weighted by atomic mass is 32.1. The number of alkyl halides is 3. The van der Waals surface area contributed by atoms with Crippen LogP contribution in [-0.4, -0.2) is 51.7 Å². The molecule has 1 aliphatic rings. The van der Waals surface area contributed by atoms with Crippen molar-refractivity contribution in [3.8, 4) is 22.6 Å². The summed E-state index contributed by atoms with van der Waals surface area (Å²) in [7, 11) is 0. The molecule has 1 saturated heterocycles. The summed E-state index contributed by atoms with van der Waals surface area (Å²) in [5.74, 6) is 0.406. The molecule has 0 atom stereocenters. The molecule has 1 fully saturated rings. The summed E-state index contributed by atoms with van der Waals surface area (Å²) in [4.78, 5) is 29.8. The van der Waals surface area contributed by atoms with Crippen LogP contribution in [0.15, 0.2) is 96.6 Å². The smallest absolute Gasteiger partial charge is 0.378 e. The van der Waals surface area contributed by atoms with E-state index in [-0.39, 0.29) is 5.69 Å². The van der Waals surface area contributed by atoms with Gasteiger partial charge in [0.25, 0.3) is 0 Å². The van der Waals surface area contributed by atoms with Crippen LogP contribution in [0.2, 0.25) is 0 Å². The summed E-state index contributed by atoms with van der Waals surface area (Å²) in [6.07, 6.45) is -1.04. The van der Waals surface area contributed by atoms with E-state index >= 15 is 0 Å². The zero-order chi connectivity index (χ0) is 32.4. The van der Waals surface area contributed by atoms with Crippen LogP contribution in [0.3, 0.4) is 0 Å². The molecule has 10 nitrogen and oxygen atoms in total. The number of ether oxygens (including phenoxy) is 1. The first-order valence-electron chi connectivity index (χ1n) is 14.7. The van der Waals surface area contributed by atoms with E-state index in [4.69, 9.17) is 14.7 Å². The number of carbonyl (C=O) groups is 1. The Kier molecular flexibility index (Phi) is 8.18. The fourth-order valence-electron chi connectivity index (χ4n) is 5.36. The first-order valence-corrected chi connectivity index (χ1v) is 15.5. The summed E-state index contributed by atoms with van der Waals surface area (Å²) in [5, 5.41) is 10.1. The van der Waals surface area contributed by atoms with Crippen molar-refractivity contribution < 1.29 is 22.7 Å². The Balaban J connectivity index is 1.13. The van der Waals surface area contributed by atoms with Gasteiger partial charge in [-0.3, -0.25) is 4.40 Å². The number of carbonyl (C=O) groups excluding carboxylic acids is 1. The minimum absolute atomic E-state index is 0.341. The molecule has 47 heavy (non-hydrogen) atoms. The van der Waals surface area contributed by atoms with Gasteiger partial charge < -0.3 is 25.6 Å². The number of urea groups is 1. The molecule has 7 rings (SSSR count). The van der Waals surface area contributed by atoms with Gasteiger partial charge >= 0.3 is 12.2 Å². The Morgan fingerprint density at radius 2 is 1.70 bits per heavy atom. The van der Waals surface area contributed by atoms with E-state index in [0.717, 1.165) is 41.2 Å². The lowest BCUT2D eigenvalue weighted by Gasteiger charge is -2.28. The van der Waals surface area contributed by atoms with E-state index in [0.29, 0.717) is 41.8 Å². The normalized spacial score (nSPS) is 13.5. The number of halogens is 3. The van der Waals surface area contributed by atoms with Crippen molar-refractivity contribution in [3.05, 3.63) is 102 Å². The predicted octanol–water partition coefficient (Wildman–Crippen LogP) is 7.76. The van der Waals surface area contributed by atoms with Crippen molar-refractivity contribution in [2.45, 2.75) is 6.18 Å². The van der Waals surface area contributed by atoms with Crippen LogP contribution in [0.1, 0.15) is 5.56 Å². The van der Waals surface area contributed by atoms with Gasteiger partial charge in [0.15, 0.2) is 4.96 Å². The van der Waals surface area contributed by atoms with Crippen LogP contribution in [0.4, 0.5) is 46.7 Å². The number of fused-ring (bicyclic) bond motifs is 1. The lowest BCUT2D eigenvalue weighted by Crippen LogP contribution is -2.36. The van der Waals surface area contributed by atoms with E-state index in [2.05, 4.69) is 38.0 Å². The van der Waals surface area contributed by atoms with Gasteiger partial charge in [-0.2, -0.15) is 13.2 Å². The number of rotatable bonds is 7. The fraction of sp³-hybridized carbons (Fsp3) is 0.152. The zero-order valence-electron chi connectivity index (χ0n) is 24.7. The minimum atomic E-state index is -4.61. The number of morpholine rings is 1. The van der Waals surface area contributed by atoms with Crippen molar-refractivity contribution in [3.63, 3.8) is 0 Å². The third-order valence-electron chi connectivity index (χ3n) is 7.53. The number of anilines is 5. The molecule has 3 aromatic heterocycles. The van der Waals surface area contributed by atoms with Crippen molar-refractivity contribution in [1.82, 2.24) is 19.4 Å². The second-order valence-electron chi connectivity index (χ2n) is 10.6. The van der Waals surface area contributed by atoms with Gasteiger partial charge in [0.1, 0.15) is 5.69 Å². The molecule has 2 amide bonds. The standard InChI is InChI=1S/C33H27F3N8O2S/c34-33(35,36)25-6-1-2-7-26(25)41-31(45)39-23-5-3-4-21(20-23)28-29(44-16-19-47-32(44)42-28)27-12-13-37-30(40-27)38-22-8-10-24(11-9-22)43-14-17-46-18-15-43/h1-13,16,19-20H,14-15,17-18H2,(H,37,38,40)(H2,39,41,45). The van der Waals surface area contributed by atoms with Gasteiger partial charge in [-0.25, -0.2) is 19.7 Å². The van der Waals surface area contributed by atoms with E-state index in [1.165, 1.54) is 29.5 Å². The number of hydrogen-bond donors (Lipinski definition) is 3. The van der Waals surface area contributed by atoms with Crippen LogP contribution in [0.5, 0.6) is 0 Å². The van der Waals surface area contributed by atoms with Crippen LogP contribution in [0.25, 0.3) is 27.6 Å². The van der Waals surface area contributed by atoms with Crippen LogP contribution >= 0.6 is 11.3 Å². The van der Waals surface area contributed by atoms with Crippen LogP contribution in [-0.2, 0) is 10.9 Å². The molecule has 0 spiro atoms. The highest BCUT2D eigenvalue weighted by Gasteiger charge is 2.33. The number of amides is 2. The number of nitrogens with one attached hydrogen (secondary N) is 3. The number of imidazole rings is 1. The van der Waals surface area contributed by atoms with Gasteiger partial charge in [-0.15, -0.1) is 11.3 Å². The Morgan fingerprint density at radius 1 is 0.894 bits per heavy atom. The average molecular weight is 657 g/mol. The van der Waals surface area contributed by atoms with Gasteiger partial charge in [0.05, 0.1) is 35.9 Å². The molecule has 14 heteroatoms. The van der Waals surface area contributed by atoms with E-state index in [1.807, 2.05) is 34.2 Å². The molecule has 6 aromatic rings. The molecular formula is C33H27F3N8O2S. The third kappa shape index (κ3) is 6.59. The SMILES string of the molecule is O=C(Nc1cccc(-c2nc3sccn3c2-c2ccnc(Nc3ccc(N4CCOCC4)cc3)n2)c1)Nc1ccccc1C(F)(F)F. The number of para-hydroxylation sites is 1. The topological polar surface area (TPSA) is 109 Å². The van der Waals surface area contributed by atoms with Crippen molar-refractivity contribution in [2.24, 2.45) is 0 Å². The van der Waals surface area contributed by atoms with E-state index in [1.54, 1.807) is 30.5 Å². The lowest BCUT2D eigenvalue weighted by molar-refractivity contribution is -0.136. The number of aromatic nitrogens is 4. The summed E-state index contributed by atoms with van der Waals surface area (Å²) in [5.41, 5.74) is 3.68. The van der Waals surface area contributed by atoms with Gasteiger partial charge in [0, 0.05) is 53.5 Å². The Hall–Kier alpha value is -5.47. The summed E-state index contributed by atoms with van der Waals surface area (Å²) < 4.78 is 47.6. The lowest BCUT2D eigenvalue weighted by atomic mass is 10.1. The molecule has 3 N–H and O–H groups in total. The average Bonchev–Trinajstić information content (AvgIpc) is 3.68. The highest BCUT2D eigenvalue weighted by molar-refractivity contribution is 7.15. The highest BCUT2D eigenvalue weighted by Crippen LogP contribution is 2.36. The number of hydrogen-bond acceptors (Lipinski definition) is 8. The zero-order valence-corrected chi connectivity index (χ0v) is 25.5. The monoisotopic (exact) mass is 656 g/mol. The predicted molar refractivity (Wildman–Crippen MR) is 176 cm³/mol. The first-order chi connectivity index (χ1) is 22.8.